The third kappa shape index (κ3) is 4.00. The van der Waals surface area contributed by atoms with Crippen LogP contribution in [0.1, 0.15) is 28.5 Å². The number of carbonyl (C=O) groups excluding carboxylic acids is 1. The number of hydrogen-bond acceptors (Lipinski definition) is 4. The molecular weight excluding hydrogens is 320 g/mol. The van der Waals surface area contributed by atoms with Gasteiger partial charge in [0.15, 0.2) is 0 Å². The number of para-hydroxylation sites is 1. The van der Waals surface area contributed by atoms with Crippen LogP contribution in [0.15, 0.2) is 59.4 Å². The zero-order chi connectivity index (χ0) is 16.8. The van der Waals surface area contributed by atoms with Crippen molar-refractivity contribution >= 4 is 22.9 Å². The van der Waals surface area contributed by atoms with Gasteiger partial charge in [0, 0.05) is 16.6 Å². The number of aromatic nitrogens is 1. The molecule has 0 aliphatic rings. The molecule has 5 heteroatoms. The number of nitrogens with one attached hydrogen (secondary N) is 1. The van der Waals surface area contributed by atoms with Crippen molar-refractivity contribution in [2.75, 3.05) is 5.32 Å². The number of thiazole rings is 1. The van der Waals surface area contributed by atoms with E-state index in [1.807, 2.05) is 29.6 Å². The van der Waals surface area contributed by atoms with Crippen LogP contribution in [0.25, 0.3) is 0 Å². The van der Waals surface area contributed by atoms with Gasteiger partial charge in [-0.05, 0) is 42.3 Å². The quantitative estimate of drug-likeness (QED) is 0.718. The molecule has 4 nitrogen and oxygen atoms in total. The molecule has 1 aromatic heterocycles. The highest BCUT2D eigenvalue weighted by Crippen LogP contribution is 2.18. The molecule has 0 aliphatic carbocycles. The van der Waals surface area contributed by atoms with Gasteiger partial charge in [-0.2, -0.15) is 0 Å². The Morgan fingerprint density at radius 3 is 2.67 bits per heavy atom. The van der Waals surface area contributed by atoms with Crippen LogP contribution >= 0.6 is 11.3 Å². The van der Waals surface area contributed by atoms with Crippen molar-refractivity contribution in [3.63, 3.8) is 0 Å². The second kappa shape index (κ2) is 7.75. The lowest BCUT2D eigenvalue weighted by Crippen LogP contribution is -2.13. The van der Waals surface area contributed by atoms with Crippen molar-refractivity contribution in [2.24, 2.45) is 0 Å². The van der Waals surface area contributed by atoms with Crippen molar-refractivity contribution in [3.8, 4) is 5.75 Å². The molecule has 0 atom stereocenters. The van der Waals surface area contributed by atoms with Gasteiger partial charge in [0.05, 0.1) is 11.2 Å². The van der Waals surface area contributed by atoms with E-state index in [0.717, 1.165) is 23.4 Å². The van der Waals surface area contributed by atoms with Crippen LogP contribution in [0.5, 0.6) is 5.75 Å². The zero-order valence-corrected chi connectivity index (χ0v) is 14.2. The molecule has 1 heterocycles. The van der Waals surface area contributed by atoms with Crippen LogP contribution < -0.4 is 10.1 Å². The Hall–Kier alpha value is -2.66. The summed E-state index contributed by atoms with van der Waals surface area (Å²) < 4.78 is 5.65. The molecule has 3 rings (SSSR count). The van der Waals surface area contributed by atoms with Crippen LogP contribution in [-0.2, 0) is 13.0 Å². The molecule has 0 unspecified atom stereocenters. The molecule has 3 aromatic rings. The van der Waals surface area contributed by atoms with E-state index in [0.29, 0.717) is 17.9 Å². The third-order valence-electron chi connectivity index (χ3n) is 3.63. The summed E-state index contributed by atoms with van der Waals surface area (Å²) in [5.41, 5.74) is 5.25. The summed E-state index contributed by atoms with van der Waals surface area (Å²) in [5, 5.41) is 4.91. The number of amides is 1. The zero-order valence-electron chi connectivity index (χ0n) is 13.4. The predicted octanol–water partition coefficient (Wildman–Crippen LogP) is 4.54. The normalized spacial score (nSPS) is 10.4. The highest BCUT2D eigenvalue weighted by Gasteiger charge is 2.08. The standard InChI is InChI=1S/C19H18N2O2S/c1-2-14-5-3-4-6-18(14)21-19(22)15-7-9-17(10-8-15)23-11-16-12-24-13-20-16/h3-10,12-13H,2,11H2,1H3,(H,21,22). The fourth-order valence-electron chi connectivity index (χ4n) is 2.31. The van der Waals surface area contributed by atoms with Crippen molar-refractivity contribution in [3.05, 3.63) is 76.2 Å². The minimum atomic E-state index is -0.123. The van der Waals surface area contributed by atoms with E-state index >= 15 is 0 Å². The first-order chi connectivity index (χ1) is 11.8. The Bertz CT molecular complexity index is 798. The molecule has 0 aliphatic heterocycles. The minimum Gasteiger partial charge on any atom is -0.487 e. The Balaban J connectivity index is 1.63. The van der Waals surface area contributed by atoms with E-state index in [-0.39, 0.29) is 5.91 Å². The molecule has 1 N–H and O–H groups in total. The summed E-state index contributed by atoms with van der Waals surface area (Å²) in [6.45, 7) is 2.50. The maximum Gasteiger partial charge on any atom is 0.255 e. The summed E-state index contributed by atoms with van der Waals surface area (Å²) in [6.07, 6.45) is 0.875. The minimum absolute atomic E-state index is 0.123. The van der Waals surface area contributed by atoms with E-state index in [2.05, 4.69) is 17.2 Å². The van der Waals surface area contributed by atoms with Gasteiger partial charge in [-0.3, -0.25) is 4.79 Å². The molecule has 0 saturated carbocycles. The Labute approximate surface area is 145 Å². The van der Waals surface area contributed by atoms with Gasteiger partial charge < -0.3 is 10.1 Å². The Kier molecular flexibility index (Phi) is 5.23. The number of hydrogen-bond donors (Lipinski definition) is 1. The molecule has 2 aromatic carbocycles. The third-order valence-corrected chi connectivity index (χ3v) is 4.27. The van der Waals surface area contributed by atoms with Crippen molar-refractivity contribution < 1.29 is 9.53 Å². The van der Waals surface area contributed by atoms with Crippen molar-refractivity contribution in [1.29, 1.82) is 0 Å². The van der Waals surface area contributed by atoms with Gasteiger partial charge in [0.25, 0.3) is 5.91 Å². The van der Waals surface area contributed by atoms with E-state index in [9.17, 15) is 4.79 Å². The molecule has 0 radical (unpaired) electrons. The van der Waals surface area contributed by atoms with E-state index in [4.69, 9.17) is 4.74 Å². The summed E-state index contributed by atoms with van der Waals surface area (Å²) in [7, 11) is 0. The number of ether oxygens (including phenoxy) is 1. The van der Waals surface area contributed by atoms with E-state index in [1.165, 1.54) is 0 Å². The van der Waals surface area contributed by atoms with Crippen LogP contribution in [0, 0.1) is 0 Å². The summed E-state index contributed by atoms with van der Waals surface area (Å²) in [6, 6.07) is 15.0. The summed E-state index contributed by atoms with van der Waals surface area (Å²) in [4.78, 5) is 16.5. The van der Waals surface area contributed by atoms with Crippen LogP contribution in [0.4, 0.5) is 5.69 Å². The number of rotatable bonds is 6. The van der Waals surface area contributed by atoms with Gasteiger partial charge in [-0.15, -0.1) is 11.3 Å². The number of carbonyl (C=O) groups is 1. The van der Waals surface area contributed by atoms with Crippen molar-refractivity contribution in [1.82, 2.24) is 4.98 Å². The average Bonchev–Trinajstić information content (AvgIpc) is 3.14. The second-order valence-corrected chi connectivity index (χ2v) is 5.98. The summed E-state index contributed by atoms with van der Waals surface area (Å²) >= 11 is 1.54. The number of anilines is 1. The lowest BCUT2D eigenvalue weighted by Gasteiger charge is -2.10. The van der Waals surface area contributed by atoms with Crippen LogP contribution in [-0.4, -0.2) is 10.9 Å². The molecule has 0 spiro atoms. The van der Waals surface area contributed by atoms with Gasteiger partial charge >= 0.3 is 0 Å². The number of benzene rings is 2. The fraction of sp³-hybridized carbons (Fsp3) is 0.158. The molecule has 0 fully saturated rings. The molecule has 24 heavy (non-hydrogen) atoms. The SMILES string of the molecule is CCc1ccccc1NC(=O)c1ccc(OCc2cscn2)cc1. The first-order valence-electron chi connectivity index (χ1n) is 7.75. The highest BCUT2D eigenvalue weighted by atomic mass is 32.1. The van der Waals surface area contributed by atoms with E-state index in [1.54, 1.807) is 41.1 Å². The molecule has 0 bridgehead atoms. The van der Waals surface area contributed by atoms with Gasteiger partial charge in [0.2, 0.25) is 0 Å². The molecule has 1 amide bonds. The fourth-order valence-corrected chi connectivity index (χ4v) is 2.86. The predicted molar refractivity (Wildman–Crippen MR) is 96.7 cm³/mol. The maximum absolute atomic E-state index is 12.4. The van der Waals surface area contributed by atoms with E-state index < -0.39 is 0 Å². The first-order valence-corrected chi connectivity index (χ1v) is 8.69. The topological polar surface area (TPSA) is 51.2 Å². The molecule has 0 saturated heterocycles. The molecule has 122 valence electrons. The van der Waals surface area contributed by atoms with Gasteiger partial charge in [-0.25, -0.2) is 4.98 Å². The van der Waals surface area contributed by atoms with Gasteiger partial charge in [0.1, 0.15) is 12.4 Å². The first kappa shape index (κ1) is 16.2. The lowest BCUT2D eigenvalue weighted by molar-refractivity contribution is 0.102. The Morgan fingerprint density at radius 1 is 1.17 bits per heavy atom. The lowest BCUT2D eigenvalue weighted by atomic mass is 10.1. The highest BCUT2D eigenvalue weighted by molar-refractivity contribution is 7.07. The largest absolute Gasteiger partial charge is 0.487 e. The number of aryl methyl sites for hydroxylation is 1. The average molecular weight is 338 g/mol. The van der Waals surface area contributed by atoms with Gasteiger partial charge in [-0.1, -0.05) is 25.1 Å². The Morgan fingerprint density at radius 2 is 1.96 bits per heavy atom. The monoisotopic (exact) mass is 338 g/mol. The van der Waals surface area contributed by atoms with Crippen molar-refractivity contribution in [2.45, 2.75) is 20.0 Å². The number of nitrogens with zero attached hydrogens (tertiary/aromatic N) is 1. The van der Waals surface area contributed by atoms with Crippen LogP contribution in [0.3, 0.4) is 0 Å². The second-order valence-electron chi connectivity index (χ2n) is 5.26. The van der Waals surface area contributed by atoms with Crippen LogP contribution in [0.2, 0.25) is 0 Å². The summed E-state index contributed by atoms with van der Waals surface area (Å²) in [5.74, 6) is 0.593. The smallest absolute Gasteiger partial charge is 0.255 e. The molecular formula is C19H18N2O2S. The maximum atomic E-state index is 12.4.